The van der Waals surface area contributed by atoms with E-state index in [1.54, 1.807) is 13.3 Å². The molecule has 2 heterocycles. The summed E-state index contributed by atoms with van der Waals surface area (Å²) in [5.74, 6) is 1.67. The second-order valence-corrected chi connectivity index (χ2v) is 7.40. The van der Waals surface area contributed by atoms with Gasteiger partial charge in [0.05, 0.1) is 26.0 Å². The highest BCUT2D eigenvalue weighted by atomic mass is 16.5. The molecule has 31 heavy (non-hydrogen) atoms. The van der Waals surface area contributed by atoms with Crippen molar-refractivity contribution in [1.29, 1.82) is 0 Å². The SMILES string of the molecule is CNC(=O)c1cccc(CCNC(=NCCN2CCOCC2)NCCc2ccco2)c1. The Balaban J connectivity index is 1.49. The molecule has 1 fully saturated rings. The Bertz CT molecular complexity index is 816. The van der Waals surface area contributed by atoms with Gasteiger partial charge in [-0.25, -0.2) is 0 Å². The maximum Gasteiger partial charge on any atom is 0.251 e. The Labute approximate surface area is 184 Å². The predicted octanol–water partition coefficient (Wildman–Crippen LogP) is 1.29. The number of ether oxygens (including phenoxy) is 1. The highest BCUT2D eigenvalue weighted by Crippen LogP contribution is 2.06. The topological polar surface area (TPSA) is 91.1 Å². The van der Waals surface area contributed by atoms with Gasteiger partial charge in [0.25, 0.3) is 5.91 Å². The van der Waals surface area contributed by atoms with E-state index in [-0.39, 0.29) is 5.91 Å². The van der Waals surface area contributed by atoms with Crippen molar-refractivity contribution in [1.82, 2.24) is 20.9 Å². The number of furan rings is 1. The quantitative estimate of drug-likeness (QED) is 0.391. The number of nitrogens with zero attached hydrogens (tertiary/aromatic N) is 2. The first kappa shape index (κ1) is 22.8. The third-order valence-corrected chi connectivity index (χ3v) is 5.16. The molecular weight excluding hydrogens is 394 g/mol. The van der Waals surface area contributed by atoms with Crippen LogP contribution in [0.1, 0.15) is 21.7 Å². The molecule has 8 heteroatoms. The van der Waals surface area contributed by atoms with Crippen LogP contribution in [0, 0.1) is 0 Å². The Kier molecular flexibility index (Phi) is 9.40. The lowest BCUT2D eigenvalue weighted by Gasteiger charge is -2.25. The van der Waals surface area contributed by atoms with E-state index in [1.165, 1.54) is 0 Å². The molecule has 1 aromatic carbocycles. The number of morpholine rings is 1. The van der Waals surface area contributed by atoms with Crippen LogP contribution in [0.15, 0.2) is 52.1 Å². The van der Waals surface area contributed by atoms with Crippen LogP contribution >= 0.6 is 0 Å². The number of nitrogens with one attached hydrogen (secondary N) is 3. The molecule has 2 aromatic rings. The molecule has 0 radical (unpaired) electrons. The standard InChI is InChI=1S/C23H33N5O3/c1-24-22(29)20-5-2-4-19(18-20)7-9-25-23(26-10-8-21-6-3-15-31-21)27-11-12-28-13-16-30-17-14-28/h2-6,15,18H,7-14,16-17H2,1H3,(H,24,29)(H2,25,26,27). The summed E-state index contributed by atoms with van der Waals surface area (Å²) in [5.41, 5.74) is 1.79. The summed E-state index contributed by atoms with van der Waals surface area (Å²) in [6, 6.07) is 11.6. The number of benzene rings is 1. The minimum absolute atomic E-state index is 0.0697. The number of guanidine groups is 1. The van der Waals surface area contributed by atoms with Gasteiger partial charge in [0.2, 0.25) is 0 Å². The highest BCUT2D eigenvalue weighted by molar-refractivity contribution is 5.94. The number of aliphatic imine (C=N–C) groups is 1. The van der Waals surface area contributed by atoms with E-state index in [4.69, 9.17) is 14.1 Å². The van der Waals surface area contributed by atoms with Crippen LogP contribution in [-0.2, 0) is 17.6 Å². The first-order valence-electron chi connectivity index (χ1n) is 10.9. The zero-order valence-corrected chi connectivity index (χ0v) is 18.2. The average molecular weight is 428 g/mol. The normalized spacial score (nSPS) is 14.9. The molecule has 1 amide bonds. The monoisotopic (exact) mass is 427 g/mol. The summed E-state index contributed by atoms with van der Waals surface area (Å²) < 4.78 is 10.8. The number of carbonyl (C=O) groups excluding carboxylic acids is 1. The molecule has 1 aromatic heterocycles. The van der Waals surface area contributed by atoms with E-state index in [9.17, 15) is 4.79 Å². The summed E-state index contributed by atoms with van der Waals surface area (Å²) in [7, 11) is 1.64. The number of hydrogen-bond acceptors (Lipinski definition) is 5. The van der Waals surface area contributed by atoms with E-state index in [0.29, 0.717) is 5.56 Å². The zero-order chi connectivity index (χ0) is 21.7. The average Bonchev–Trinajstić information content (AvgIpc) is 3.33. The second-order valence-electron chi connectivity index (χ2n) is 7.40. The van der Waals surface area contributed by atoms with Gasteiger partial charge in [-0.1, -0.05) is 12.1 Å². The first-order chi connectivity index (χ1) is 15.2. The van der Waals surface area contributed by atoms with Crippen LogP contribution in [0.25, 0.3) is 0 Å². The van der Waals surface area contributed by atoms with Gasteiger partial charge < -0.3 is 25.1 Å². The smallest absolute Gasteiger partial charge is 0.251 e. The summed E-state index contributed by atoms with van der Waals surface area (Å²) >= 11 is 0. The van der Waals surface area contributed by atoms with E-state index in [1.807, 2.05) is 36.4 Å². The van der Waals surface area contributed by atoms with Crippen molar-refractivity contribution < 1.29 is 13.9 Å². The maximum absolute atomic E-state index is 11.8. The molecule has 0 bridgehead atoms. The lowest BCUT2D eigenvalue weighted by atomic mass is 10.1. The minimum atomic E-state index is -0.0697. The summed E-state index contributed by atoms with van der Waals surface area (Å²) in [5, 5.41) is 9.47. The van der Waals surface area contributed by atoms with Crippen molar-refractivity contribution >= 4 is 11.9 Å². The van der Waals surface area contributed by atoms with Crippen LogP contribution in [0.4, 0.5) is 0 Å². The molecule has 0 unspecified atom stereocenters. The van der Waals surface area contributed by atoms with Crippen molar-refractivity contribution in [2.24, 2.45) is 4.99 Å². The van der Waals surface area contributed by atoms with Gasteiger partial charge in [0, 0.05) is 51.8 Å². The van der Waals surface area contributed by atoms with Gasteiger partial charge in [-0.2, -0.15) is 0 Å². The Morgan fingerprint density at radius 3 is 2.65 bits per heavy atom. The van der Waals surface area contributed by atoms with Gasteiger partial charge in [0.15, 0.2) is 5.96 Å². The van der Waals surface area contributed by atoms with E-state index in [0.717, 1.165) is 82.6 Å². The summed E-state index contributed by atoms with van der Waals surface area (Å²) in [6.45, 7) is 6.63. The van der Waals surface area contributed by atoms with Crippen molar-refractivity contribution in [3.05, 3.63) is 59.5 Å². The molecule has 8 nitrogen and oxygen atoms in total. The van der Waals surface area contributed by atoms with Gasteiger partial charge in [0.1, 0.15) is 5.76 Å². The van der Waals surface area contributed by atoms with Gasteiger partial charge in [-0.15, -0.1) is 0 Å². The number of carbonyl (C=O) groups is 1. The Morgan fingerprint density at radius 1 is 1.10 bits per heavy atom. The van der Waals surface area contributed by atoms with Gasteiger partial charge in [-0.05, 0) is 36.2 Å². The van der Waals surface area contributed by atoms with Crippen LogP contribution in [0.5, 0.6) is 0 Å². The second kappa shape index (κ2) is 12.8. The first-order valence-corrected chi connectivity index (χ1v) is 10.9. The van der Waals surface area contributed by atoms with Crippen molar-refractivity contribution in [3.8, 4) is 0 Å². The van der Waals surface area contributed by atoms with E-state index >= 15 is 0 Å². The molecule has 3 N–H and O–H groups in total. The largest absolute Gasteiger partial charge is 0.469 e. The van der Waals surface area contributed by atoms with Crippen LogP contribution in [0.3, 0.4) is 0 Å². The van der Waals surface area contributed by atoms with Gasteiger partial charge in [-0.3, -0.25) is 14.7 Å². The third-order valence-electron chi connectivity index (χ3n) is 5.16. The molecule has 0 spiro atoms. The van der Waals surface area contributed by atoms with Crippen LogP contribution < -0.4 is 16.0 Å². The summed E-state index contributed by atoms with van der Waals surface area (Å²) in [6.07, 6.45) is 3.29. The predicted molar refractivity (Wildman–Crippen MR) is 122 cm³/mol. The molecule has 1 saturated heterocycles. The lowest BCUT2D eigenvalue weighted by Crippen LogP contribution is -2.41. The number of hydrogen-bond donors (Lipinski definition) is 3. The van der Waals surface area contributed by atoms with Crippen molar-refractivity contribution in [2.45, 2.75) is 12.8 Å². The van der Waals surface area contributed by atoms with Crippen LogP contribution in [-0.4, -0.2) is 76.3 Å². The highest BCUT2D eigenvalue weighted by Gasteiger charge is 2.09. The molecule has 0 atom stereocenters. The molecule has 3 rings (SSSR count). The van der Waals surface area contributed by atoms with Gasteiger partial charge >= 0.3 is 0 Å². The van der Waals surface area contributed by atoms with Crippen molar-refractivity contribution in [3.63, 3.8) is 0 Å². The minimum Gasteiger partial charge on any atom is -0.469 e. The fraction of sp³-hybridized carbons (Fsp3) is 0.478. The molecular formula is C23H33N5O3. The molecule has 0 saturated carbocycles. The molecule has 1 aliphatic rings. The molecule has 168 valence electrons. The van der Waals surface area contributed by atoms with E-state index in [2.05, 4.69) is 20.9 Å². The molecule has 1 aliphatic heterocycles. The fourth-order valence-electron chi connectivity index (χ4n) is 3.40. The summed E-state index contributed by atoms with van der Waals surface area (Å²) in [4.78, 5) is 19.0. The maximum atomic E-state index is 11.8. The lowest BCUT2D eigenvalue weighted by molar-refractivity contribution is 0.0394. The zero-order valence-electron chi connectivity index (χ0n) is 18.2. The third kappa shape index (κ3) is 8.07. The van der Waals surface area contributed by atoms with Crippen molar-refractivity contribution in [2.75, 3.05) is 59.5 Å². The van der Waals surface area contributed by atoms with E-state index < -0.39 is 0 Å². The fourth-order valence-corrected chi connectivity index (χ4v) is 3.40. The van der Waals surface area contributed by atoms with Crippen LogP contribution in [0.2, 0.25) is 0 Å². The molecule has 0 aliphatic carbocycles. The number of rotatable bonds is 10. The number of amides is 1. The Hall–Kier alpha value is -2.84. The Morgan fingerprint density at radius 2 is 1.90 bits per heavy atom.